The summed E-state index contributed by atoms with van der Waals surface area (Å²) < 4.78 is 16.1. The van der Waals surface area contributed by atoms with Crippen LogP contribution in [0.15, 0.2) is 24.3 Å². The number of hydrogen-bond donors (Lipinski definition) is 1. The first-order valence-electron chi connectivity index (χ1n) is 6.15. The molecule has 1 aromatic rings. The lowest BCUT2D eigenvalue weighted by molar-refractivity contribution is 0.0870. The Bertz CT molecular complexity index is 330. The predicted octanol–water partition coefficient (Wildman–Crippen LogP) is 2.22. The average Bonchev–Trinajstić information content (AvgIpc) is 2.33. The molecule has 102 valence electrons. The molecule has 0 heterocycles. The van der Waals surface area contributed by atoms with Crippen molar-refractivity contribution in [3.63, 3.8) is 0 Å². The van der Waals surface area contributed by atoms with Crippen LogP contribution in [0.2, 0.25) is 0 Å². The van der Waals surface area contributed by atoms with Gasteiger partial charge < -0.3 is 19.9 Å². The van der Waals surface area contributed by atoms with Gasteiger partial charge >= 0.3 is 0 Å². The van der Waals surface area contributed by atoms with Crippen LogP contribution in [0.5, 0.6) is 11.5 Å². The van der Waals surface area contributed by atoms with Crippen LogP contribution in [0.3, 0.4) is 0 Å². The van der Waals surface area contributed by atoms with Crippen molar-refractivity contribution in [1.82, 2.24) is 0 Å². The molecule has 0 spiro atoms. The van der Waals surface area contributed by atoms with E-state index in [0.717, 1.165) is 17.9 Å². The van der Waals surface area contributed by atoms with Crippen LogP contribution in [0.1, 0.15) is 20.3 Å². The summed E-state index contributed by atoms with van der Waals surface area (Å²) in [5.74, 6) is 1.67. The Hall–Kier alpha value is -1.26. The van der Waals surface area contributed by atoms with E-state index in [-0.39, 0.29) is 5.54 Å². The van der Waals surface area contributed by atoms with Gasteiger partial charge in [-0.25, -0.2) is 0 Å². The SMILES string of the molecule is COc1ccc(OCCCOCC(C)(C)N)cc1. The van der Waals surface area contributed by atoms with E-state index in [1.54, 1.807) is 7.11 Å². The van der Waals surface area contributed by atoms with E-state index < -0.39 is 0 Å². The highest BCUT2D eigenvalue weighted by atomic mass is 16.5. The van der Waals surface area contributed by atoms with Gasteiger partial charge in [-0.15, -0.1) is 0 Å². The predicted molar refractivity (Wildman–Crippen MR) is 72.2 cm³/mol. The highest BCUT2D eigenvalue weighted by molar-refractivity contribution is 5.31. The maximum atomic E-state index is 5.80. The second kappa shape index (κ2) is 7.24. The third-order valence-corrected chi connectivity index (χ3v) is 2.24. The summed E-state index contributed by atoms with van der Waals surface area (Å²) in [6, 6.07) is 7.54. The van der Waals surface area contributed by atoms with Gasteiger partial charge in [-0.2, -0.15) is 0 Å². The molecular weight excluding hydrogens is 230 g/mol. The fourth-order valence-corrected chi connectivity index (χ4v) is 1.36. The number of hydrogen-bond acceptors (Lipinski definition) is 4. The van der Waals surface area contributed by atoms with Gasteiger partial charge in [-0.05, 0) is 38.1 Å². The molecule has 0 saturated carbocycles. The molecule has 0 fully saturated rings. The minimum atomic E-state index is -0.267. The fraction of sp³-hybridized carbons (Fsp3) is 0.571. The van der Waals surface area contributed by atoms with E-state index >= 15 is 0 Å². The summed E-state index contributed by atoms with van der Waals surface area (Å²) in [7, 11) is 1.64. The highest BCUT2D eigenvalue weighted by Crippen LogP contribution is 2.16. The molecule has 1 rings (SSSR count). The molecule has 0 aliphatic carbocycles. The third-order valence-electron chi connectivity index (χ3n) is 2.24. The number of nitrogens with two attached hydrogens (primary N) is 1. The molecule has 0 amide bonds. The standard InChI is InChI=1S/C14H23NO3/c1-14(2,15)11-17-9-4-10-18-13-7-5-12(16-3)6-8-13/h5-8H,4,9-11,15H2,1-3H3. The lowest BCUT2D eigenvalue weighted by atomic mass is 10.1. The molecule has 4 heteroatoms. The first kappa shape index (κ1) is 14.8. The van der Waals surface area contributed by atoms with Crippen molar-refractivity contribution in [2.24, 2.45) is 5.73 Å². The maximum Gasteiger partial charge on any atom is 0.119 e. The van der Waals surface area contributed by atoms with Gasteiger partial charge in [0.05, 0.1) is 20.3 Å². The molecule has 0 bridgehead atoms. The van der Waals surface area contributed by atoms with Gasteiger partial charge in [0.2, 0.25) is 0 Å². The summed E-state index contributed by atoms with van der Waals surface area (Å²) in [5, 5.41) is 0. The zero-order valence-corrected chi connectivity index (χ0v) is 11.4. The van der Waals surface area contributed by atoms with Crippen molar-refractivity contribution in [2.45, 2.75) is 25.8 Å². The van der Waals surface area contributed by atoms with E-state index in [1.807, 2.05) is 38.1 Å². The third kappa shape index (κ3) is 6.47. The average molecular weight is 253 g/mol. The largest absolute Gasteiger partial charge is 0.497 e. The van der Waals surface area contributed by atoms with E-state index in [9.17, 15) is 0 Å². The monoisotopic (exact) mass is 253 g/mol. The molecule has 0 aliphatic heterocycles. The molecule has 0 unspecified atom stereocenters. The zero-order chi connectivity index (χ0) is 13.4. The van der Waals surface area contributed by atoms with Crippen molar-refractivity contribution in [3.8, 4) is 11.5 Å². The highest BCUT2D eigenvalue weighted by Gasteiger charge is 2.09. The summed E-state index contributed by atoms with van der Waals surface area (Å²) >= 11 is 0. The smallest absolute Gasteiger partial charge is 0.119 e. The van der Waals surface area contributed by atoms with Crippen molar-refractivity contribution in [2.75, 3.05) is 26.9 Å². The molecule has 0 radical (unpaired) electrons. The summed E-state index contributed by atoms with van der Waals surface area (Å²) in [5.41, 5.74) is 5.53. The van der Waals surface area contributed by atoms with Crippen molar-refractivity contribution < 1.29 is 14.2 Å². The van der Waals surface area contributed by atoms with Gasteiger partial charge in [0.1, 0.15) is 11.5 Å². The van der Waals surface area contributed by atoms with Crippen molar-refractivity contribution in [1.29, 1.82) is 0 Å². The quantitative estimate of drug-likeness (QED) is 0.722. The normalized spacial score (nSPS) is 11.3. The Labute approximate surface area is 109 Å². The molecular formula is C14H23NO3. The molecule has 0 aliphatic rings. The zero-order valence-electron chi connectivity index (χ0n) is 11.4. The second-order valence-corrected chi connectivity index (χ2v) is 4.92. The summed E-state index contributed by atoms with van der Waals surface area (Å²) in [6.45, 7) is 5.76. The molecule has 0 atom stereocenters. The molecule has 2 N–H and O–H groups in total. The van der Waals surface area contributed by atoms with Crippen LogP contribution in [0.4, 0.5) is 0 Å². The van der Waals surface area contributed by atoms with Crippen LogP contribution >= 0.6 is 0 Å². The fourth-order valence-electron chi connectivity index (χ4n) is 1.36. The van der Waals surface area contributed by atoms with Gasteiger partial charge in [0.15, 0.2) is 0 Å². The number of ether oxygens (including phenoxy) is 3. The van der Waals surface area contributed by atoms with Crippen LogP contribution in [-0.4, -0.2) is 32.5 Å². The Balaban J connectivity index is 2.10. The van der Waals surface area contributed by atoms with Gasteiger partial charge in [-0.3, -0.25) is 0 Å². The minimum absolute atomic E-state index is 0.267. The van der Waals surface area contributed by atoms with E-state index in [0.29, 0.717) is 19.8 Å². The summed E-state index contributed by atoms with van der Waals surface area (Å²) in [4.78, 5) is 0. The Morgan fingerprint density at radius 2 is 1.67 bits per heavy atom. The Morgan fingerprint density at radius 1 is 1.06 bits per heavy atom. The van der Waals surface area contributed by atoms with E-state index in [4.69, 9.17) is 19.9 Å². The Kier molecular flexibility index (Phi) is 5.95. The van der Waals surface area contributed by atoms with E-state index in [1.165, 1.54) is 0 Å². The topological polar surface area (TPSA) is 53.7 Å². The van der Waals surface area contributed by atoms with Crippen molar-refractivity contribution >= 4 is 0 Å². The number of methoxy groups -OCH3 is 1. The number of rotatable bonds is 8. The van der Waals surface area contributed by atoms with Gasteiger partial charge in [0.25, 0.3) is 0 Å². The van der Waals surface area contributed by atoms with Crippen LogP contribution in [0.25, 0.3) is 0 Å². The molecule has 4 nitrogen and oxygen atoms in total. The Morgan fingerprint density at radius 3 is 2.22 bits per heavy atom. The van der Waals surface area contributed by atoms with Crippen LogP contribution in [0, 0.1) is 0 Å². The van der Waals surface area contributed by atoms with Crippen LogP contribution in [-0.2, 0) is 4.74 Å². The number of benzene rings is 1. The second-order valence-electron chi connectivity index (χ2n) is 4.92. The molecule has 18 heavy (non-hydrogen) atoms. The minimum Gasteiger partial charge on any atom is -0.497 e. The van der Waals surface area contributed by atoms with Crippen molar-refractivity contribution in [3.05, 3.63) is 24.3 Å². The van der Waals surface area contributed by atoms with E-state index in [2.05, 4.69) is 0 Å². The first-order valence-corrected chi connectivity index (χ1v) is 6.15. The molecule has 0 saturated heterocycles. The van der Waals surface area contributed by atoms with Crippen LogP contribution < -0.4 is 15.2 Å². The van der Waals surface area contributed by atoms with Gasteiger partial charge in [0, 0.05) is 18.6 Å². The summed E-state index contributed by atoms with van der Waals surface area (Å²) in [6.07, 6.45) is 0.849. The first-order chi connectivity index (χ1) is 8.51. The van der Waals surface area contributed by atoms with Gasteiger partial charge in [-0.1, -0.05) is 0 Å². The molecule has 0 aromatic heterocycles. The molecule has 1 aromatic carbocycles. The maximum absolute atomic E-state index is 5.80. The lowest BCUT2D eigenvalue weighted by Gasteiger charge is -2.18. The lowest BCUT2D eigenvalue weighted by Crippen LogP contribution is -2.37.